The molecule has 1 atom stereocenters. The fourth-order valence-electron chi connectivity index (χ4n) is 1.16. The van der Waals surface area contributed by atoms with E-state index >= 15 is 0 Å². The molecular weight excluding hydrogens is 192 g/mol. The highest BCUT2D eigenvalue weighted by atomic mass is 32.2. The number of nitrogens with one attached hydrogen (secondary N) is 1. The molecule has 2 aliphatic heterocycles. The Morgan fingerprint density at radius 1 is 1.75 bits per heavy atom. The Kier molecular flexibility index (Phi) is 1.77. The number of hydrogen-bond acceptors (Lipinski definition) is 3. The van der Waals surface area contributed by atoms with Crippen molar-refractivity contribution in [3.8, 4) is 0 Å². The van der Waals surface area contributed by atoms with E-state index in [0.29, 0.717) is 0 Å². The van der Waals surface area contributed by atoms with Gasteiger partial charge in [-0.05, 0) is 24.0 Å². The standard InChI is InChI=1S/C7H6N2OS2/c1-3-2-4-5(10)8-7(11)9-6(4)12-3/h2,4H,1H3,(H,8,10,11). The van der Waals surface area contributed by atoms with Crippen LogP contribution >= 0.6 is 24.0 Å². The zero-order valence-electron chi connectivity index (χ0n) is 6.33. The van der Waals surface area contributed by atoms with Crippen molar-refractivity contribution in [2.45, 2.75) is 6.92 Å². The molecule has 2 rings (SSSR count). The zero-order valence-corrected chi connectivity index (χ0v) is 7.96. The maximum Gasteiger partial charge on any atom is 0.239 e. The Morgan fingerprint density at radius 3 is 3.25 bits per heavy atom. The first-order valence-corrected chi connectivity index (χ1v) is 4.69. The molecule has 0 bridgehead atoms. The first-order valence-electron chi connectivity index (χ1n) is 3.46. The van der Waals surface area contributed by atoms with Gasteiger partial charge in [-0.1, -0.05) is 17.8 Å². The van der Waals surface area contributed by atoms with Gasteiger partial charge in [-0.15, -0.1) is 0 Å². The molecule has 0 spiro atoms. The molecule has 1 amide bonds. The van der Waals surface area contributed by atoms with Crippen molar-refractivity contribution in [3.63, 3.8) is 0 Å². The molecule has 0 aromatic heterocycles. The van der Waals surface area contributed by atoms with Crippen molar-refractivity contribution in [1.29, 1.82) is 0 Å². The van der Waals surface area contributed by atoms with Crippen LogP contribution in [0.1, 0.15) is 6.92 Å². The molecule has 1 N–H and O–H groups in total. The van der Waals surface area contributed by atoms with E-state index in [9.17, 15) is 4.79 Å². The van der Waals surface area contributed by atoms with Crippen LogP contribution in [0.2, 0.25) is 0 Å². The highest BCUT2D eigenvalue weighted by molar-refractivity contribution is 8.17. The lowest BCUT2D eigenvalue weighted by atomic mass is 10.1. The third-order valence-corrected chi connectivity index (χ3v) is 2.86. The second kappa shape index (κ2) is 2.67. The summed E-state index contributed by atoms with van der Waals surface area (Å²) in [6, 6.07) is 0. The number of rotatable bonds is 0. The Balaban J connectivity index is 2.39. The van der Waals surface area contributed by atoms with Gasteiger partial charge in [-0.3, -0.25) is 4.79 Å². The average molecular weight is 198 g/mol. The Hall–Kier alpha value is -0.680. The molecule has 0 aromatic rings. The summed E-state index contributed by atoms with van der Waals surface area (Å²) in [5, 5.41) is 3.60. The van der Waals surface area contributed by atoms with Crippen LogP contribution in [0.15, 0.2) is 16.0 Å². The van der Waals surface area contributed by atoms with Gasteiger partial charge in [-0.25, -0.2) is 4.99 Å². The van der Waals surface area contributed by atoms with Crippen LogP contribution in [0.4, 0.5) is 0 Å². The SMILES string of the molecule is CC1=CC2C(=O)NC(=S)N=C2S1. The number of carbonyl (C=O) groups is 1. The maximum absolute atomic E-state index is 11.3. The van der Waals surface area contributed by atoms with Gasteiger partial charge in [0.2, 0.25) is 5.91 Å². The number of thiocarbonyl (C=S) groups is 1. The molecule has 0 saturated carbocycles. The van der Waals surface area contributed by atoms with Crippen molar-refractivity contribution in [1.82, 2.24) is 5.32 Å². The Bertz CT molecular complexity index is 332. The molecule has 0 radical (unpaired) electrons. The molecule has 0 saturated heterocycles. The molecule has 0 aromatic carbocycles. The molecule has 62 valence electrons. The minimum absolute atomic E-state index is 0.0608. The van der Waals surface area contributed by atoms with Crippen LogP contribution in [0, 0.1) is 5.92 Å². The molecule has 5 heteroatoms. The van der Waals surface area contributed by atoms with Crippen molar-refractivity contribution in [2.24, 2.45) is 10.9 Å². The van der Waals surface area contributed by atoms with E-state index in [1.54, 1.807) is 0 Å². The number of nitrogens with zero attached hydrogens (tertiary/aromatic N) is 1. The minimum Gasteiger partial charge on any atom is -0.300 e. The summed E-state index contributed by atoms with van der Waals surface area (Å²) in [4.78, 5) is 16.5. The summed E-state index contributed by atoms with van der Waals surface area (Å²) in [6.45, 7) is 1.96. The number of amides is 1. The largest absolute Gasteiger partial charge is 0.300 e. The molecule has 12 heavy (non-hydrogen) atoms. The van der Waals surface area contributed by atoms with Crippen LogP contribution in [0.3, 0.4) is 0 Å². The predicted octanol–water partition coefficient (Wildman–Crippen LogP) is 1.07. The highest BCUT2D eigenvalue weighted by Gasteiger charge is 2.32. The third kappa shape index (κ3) is 1.19. The lowest BCUT2D eigenvalue weighted by Crippen LogP contribution is -2.39. The zero-order chi connectivity index (χ0) is 8.72. The number of aliphatic imine (C=N–C) groups is 1. The number of fused-ring (bicyclic) bond motifs is 1. The summed E-state index contributed by atoms with van der Waals surface area (Å²) in [7, 11) is 0. The number of allylic oxidation sites excluding steroid dienone is 1. The molecular formula is C7H6N2OS2. The van der Waals surface area contributed by atoms with E-state index in [1.165, 1.54) is 11.8 Å². The Morgan fingerprint density at radius 2 is 2.50 bits per heavy atom. The summed E-state index contributed by atoms with van der Waals surface area (Å²) >= 11 is 6.31. The van der Waals surface area contributed by atoms with Crippen LogP contribution in [0.25, 0.3) is 0 Å². The molecule has 0 fully saturated rings. The van der Waals surface area contributed by atoms with E-state index in [2.05, 4.69) is 10.3 Å². The Labute approximate surface area is 79.3 Å². The first kappa shape index (κ1) is 7.94. The molecule has 3 nitrogen and oxygen atoms in total. The van der Waals surface area contributed by atoms with Crippen molar-refractivity contribution in [2.75, 3.05) is 0 Å². The molecule has 1 unspecified atom stereocenters. The second-order valence-corrected chi connectivity index (χ2v) is 4.25. The van der Waals surface area contributed by atoms with E-state index in [-0.39, 0.29) is 16.9 Å². The van der Waals surface area contributed by atoms with Crippen LogP contribution in [-0.2, 0) is 4.79 Å². The lowest BCUT2D eigenvalue weighted by molar-refractivity contribution is -0.120. The number of carbonyl (C=O) groups excluding carboxylic acids is 1. The van der Waals surface area contributed by atoms with E-state index in [0.717, 1.165) is 9.95 Å². The van der Waals surface area contributed by atoms with Gasteiger partial charge in [0.15, 0.2) is 5.11 Å². The fraction of sp³-hybridized carbons (Fsp3) is 0.286. The van der Waals surface area contributed by atoms with E-state index in [1.807, 2.05) is 13.0 Å². The van der Waals surface area contributed by atoms with Crippen molar-refractivity contribution >= 4 is 40.0 Å². The monoisotopic (exact) mass is 198 g/mol. The summed E-state index contributed by atoms with van der Waals surface area (Å²) in [5.41, 5.74) is 0. The van der Waals surface area contributed by atoms with E-state index < -0.39 is 0 Å². The average Bonchev–Trinajstić information content (AvgIpc) is 2.29. The van der Waals surface area contributed by atoms with Crippen molar-refractivity contribution in [3.05, 3.63) is 11.0 Å². The van der Waals surface area contributed by atoms with Crippen LogP contribution in [0.5, 0.6) is 0 Å². The van der Waals surface area contributed by atoms with Crippen LogP contribution < -0.4 is 5.32 Å². The quantitative estimate of drug-likeness (QED) is 0.592. The smallest absolute Gasteiger partial charge is 0.239 e. The van der Waals surface area contributed by atoms with Crippen molar-refractivity contribution < 1.29 is 4.79 Å². The minimum atomic E-state index is -0.193. The lowest BCUT2D eigenvalue weighted by Gasteiger charge is -2.14. The van der Waals surface area contributed by atoms with Gasteiger partial charge < -0.3 is 5.32 Å². The number of hydrogen-bond donors (Lipinski definition) is 1. The number of thioether (sulfide) groups is 1. The van der Waals surface area contributed by atoms with E-state index in [4.69, 9.17) is 12.2 Å². The normalized spacial score (nSPS) is 27.6. The molecule has 2 heterocycles. The first-order chi connectivity index (χ1) is 5.66. The topological polar surface area (TPSA) is 41.5 Å². The summed E-state index contributed by atoms with van der Waals surface area (Å²) < 4.78 is 0. The second-order valence-electron chi connectivity index (χ2n) is 2.60. The fourth-order valence-corrected chi connectivity index (χ4v) is 2.39. The van der Waals surface area contributed by atoms with Gasteiger partial charge in [0, 0.05) is 0 Å². The highest BCUT2D eigenvalue weighted by Crippen LogP contribution is 2.33. The third-order valence-electron chi connectivity index (χ3n) is 1.66. The van der Waals surface area contributed by atoms with Gasteiger partial charge in [0.1, 0.15) is 5.92 Å². The summed E-state index contributed by atoms with van der Waals surface area (Å²) in [5.74, 6) is -0.254. The predicted molar refractivity (Wildman–Crippen MR) is 53.0 cm³/mol. The van der Waals surface area contributed by atoms with Gasteiger partial charge >= 0.3 is 0 Å². The van der Waals surface area contributed by atoms with Gasteiger partial charge in [0.05, 0.1) is 5.04 Å². The van der Waals surface area contributed by atoms with Gasteiger partial charge in [-0.2, -0.15) is 0 Å². The summed E-state index contributed by atoms with van der Waals surface area (Å²) in [6.07, 6.45) is 1.90. The maximum atomic E-state index is 11.3. The van der Waals surface area contributed by atoms with Gasteiger partial charge in [0.25, 0.3) is 0 Å². The molecule has 2 aliphatic rings. The molecule has 0 aliphatic carbocycles. The van der Waals surface area contributed by atoms with Crippen LogP contribution in [-0.4, -0.2) is 16.1 Å².